The van der Waals surface area contributed by atoms with E-state index in [1.807, 2.05) is 6.92 Å². The molecule has 1 amide bonds. The molecule has 134 valence electrons. The van der Waals surface area contributed by atoms with Crippen LogP contribution in [0.15, 0.2) is 0 Å². The van der Waals surface area contributed by atoms with Crippen molar-refractivity contribution in [1.82, 2.24) is 15.5 Å². The van der Waals surface area contributed by atoms with Crippen molar-refractivity contribution in [2.45, 2.75) is 64.5 Å². The second kappa shape index (κ2) is 9.60. The molecule has 2 rings (SSSR count). The first-order valence-electron chi connectivity index (χ1n) is 9.43. The van der Waals surface area contributed by atoms with Gasteiger partial charge in [-0.3, -0.25) is 9.69 Å². The summed E-state index contributed by atoms with van der Waals surface area (Å²) in [5.74, 6) is 1.19. The first-order valence-corrected chi connectivity index (χ1v) is 9.43. The van der Waals surface area contributed by atoms with Gasteiger partial charge in [-0.15, -0.1) is 0 Å². The van der Waals surface area contributed by atoms with Crippen molar-refractivity contribution in [2.24, 2.45) is 11.8 Å². The predicted octanol–water partition coefficient (Wildman–Crippen LogP) is 1.36. The number of aliphatic hydroxyl groups is 1. The Bertz CT molecular complexity index is 356. The molecule has 1 saturated heterocycles. The number of rotatable bonds is 7. The number of aliphatic hydroxyl groups excluding tert-OH is 1. The first kappa shape index (κ1) is 18.7. The van der Waals surface area contributed by atoms with E-state index in [4.69, 9.17) is 0 Å². The number of amides is 1. The maximum Gasteiger partial charge on any atom is 0.216 e. The van der Waals surface area contributed by atoms with E-state index in [2.05, 4.69) is 15.5 Å². The van der Waals surface area contributed by atoms with Crippen molar-refractivity contribution in [1.29, 1.82) is 0 Å². The van der Waals surface area contributed by atoms with Crippen molar-refractivity contribution < 1.29 is 9.90 Å². The molecule has 0 spiro atoms. The Morgan fingerprint density at radius 2 is 2.00 bits per heavy atom. The molecule has 0 aromatic rings. The van der Waals surface area contributed by atoms with Crippen LogP contribution in [0, 0.1) is 11.8 Å². The van der Waals surface area contributed by atoms with E-state index < -0.39 is 0 Å². The summed E-state index contributed by atoms with van der Waals surface area (Å²) >= 11 is 0. The van der Waals surface area contributed by atoms with Crippen LogP contribution in [-0.2, 0) is 4.79 Å². The van der Waals surface area contributed by atoms with Crippen LogP contribution in [0.5, 0.6) is 0 Å². The van der Waals surface area contributed by atoms with Crippen LogP contribution in [0.1, 0.15) is 52.4 Å². The van der Waals surface area contributed by atoms with Crippen molar-refractivity contribution in [2.75, 3.05) is 32.7 Å². The zero-order valence-electron chi connectivity index (χ0n) is 14.9. The first-order chi connectivity index (χ1) is 11.0. The molecule has 0 bridgehead atoms. The molecule has 2 fully saturated rings. The molecule has 3 unspecified atom stereocenters. The number of hydrogen-bond donors (Lipinski definition) is 3. The average Bonchev–Trinajstić information content (AvgIpc) is 2.53. The summed E-state index contributed by atoms with van der Waals surface area (Å²) in [5, 5.41) is 16.7. The summed E-state index contributed by atoms with van der Waals surface area (Å²) in [6.45, 7) is 8.09. The molecule has 1 aliphatic heterocycles. The number of hydrogen-bond acceptors (Lipinski definition) is 4. The van der Waals surface area contributed by atoms with E-state index in [0.717, 1.165) is 38.5 Å². The van der Waals surface area contributed by atoms with Gasteiger partial charge in [0.25, 0.3) is 0 Å². The fourth-order valence-electron chi connectivity index (χ4n) is 4.03. The number of likely N-dealkylation sites (tertiary alicyclic amines) is 1. The van der Waals surface area contributed by atoms with E-state index in [1.165, 1.54) is 32.1 Å². The lowest BCUT2D eigenvalue weighted by molar-refractivity contribution is -0.119. The van der Waals surface area contributed by atoms with Gasteiger partial charge >= 0.3 is 0 Å². The third kappa shape index (κ3) is 6.77. The van der Waals surface area contributed by atoms with E-state index >= 15 is 0 Å². The van der Waals surface area contributed by atoms with Crippen molar-refractivity contribution in [3.8, 4) is 0 Å². The van der Waals surface area contributed by atoms with Gasteiger partial charge in [0.05, 0.1) is 6.10 Å². The van der Waals surface area contributed by atoms with Crippen molar-refractivity contribution in [3.63, 3.8) is 0 Å². The number of carbonyl (C=O) groups is 1. The van der Waals surface area contributed by atoms with Gasteiger partial charge in [-0.05, 0) is 44.6 Å². The molecule has 0 radical (unpaired) electrons. The van der Waals surface area contributed by atoms with Crippen molar-refractivity contribution >= 4 is 5.91 Å². The van der Waals surface area contributed by atoms with Gasteiger partial charge in [0.1, 0.15) is 0 Å². The second-order valence-electron chi connectivity index (χ2n) is 7.59. The van der Waals surface area contributed by atoms with Gasteiger partial charge in [-0.2, -0.15) is 0 Å². The lowest BCUT2D eigenvalue weighted by Crippen LogP contribution is -2.53. The highest BCUT2D eigenvalue weighted by Gasteiger charge is 2.29. The molecule has 0 aromatic heterocycles. The normalized spacial score (nSPS) is 28.5. The predicted molar refractivity (Wildman–Crippen MR) is 93.3 cm³/mol. The Morgan fingerprint density at radius 3 is 2.65 bits per heavy atom. The molecule has 3 N–H and O–H groups in total. The van der Waals surface area contributed by atoms with Gasteiger partial charge in [-0.25, -0.2) is 0 Å². The van der Waals surface area contributed by atoms with Gasteiger partial charge in [0, 0.05) is 39.1 Å². The number of carbonyl (C=O) groups excluding carboxylic acids is 1. The Hall–Kier alpha value is -0.650. The second-order valence-corrected chi connectivity index (χ2v) is 7.59. The van der Waals surface area contributed by atoms with Gasteiger partial charge in [0.2, 0.25) is 5.91 Å². The minimum absolute atomic E-state index is 0.0288. The van der Waals surface area contributed by atoms with Crippen LogP contribution in [0.25, 0.3) is 0 Å². The van der Waals surface area contributed by atoms with Gasteiger partial charge < -0.3 is 15.7 Å². The quantitative estimate of drug-likeness (QED) is 0.661. The van der Waals surface area contributed by atoms with E-state index in [0.29, 0.717) is 18.5 Å². The Kier molecular flexibility index (Phi) is 7.80. The molecule has 23 heavy (non-hydrogen) atoms. The summed E-state index contributed by atoms with van der Waals surface area (Å²) in [6.07, 6.45) is 7.70. The molecule has 5 nitrogen and oxygen atoms in total. The van der Waals surface area contributed by atoms with Gasteiger partial charge in [0.15, 0.2) is 0 Å². The molecule has 3 atom stereocenters. The average molecular weight is 325 g/mol. The van der Waals surface area contributed by atoms with Crippen LogP contribution in [0.3, 0.4) is 0 Å². The zero-order valence-corrected chi connectivity index (χ0v) is 14.9. The number of nitrogens with one attached hydrogen (secondary N) is 2. The molecule has 2 aliphatic rings. The third-order valence-electron chi connectivity index (χ3n) is 5.46. The highest BCUT2D eigenvalue weighted by Crippen LogP contribution is 2.24. The SMILES string of the molecule is CC(=O)NCCN1CC(NCC2CCCCC2)CC(C(C)O)C1. The number of piperidine rings is 1. The van der Waals surface area contributed by atoms with Crippen LogP contribution < -0.4 is 10.6 Å². The summed E-state index contributed by atoms with van der Waals surface area (Å²) in [5.41, 5.74) is 0. The maximum absolute atomic E-state index is 11.0. The van der Waals surface area contributed by atoms with E-state index in [-0.39, 0.29) is 12.0 Å². The monoisotopic (exact) mass is 325 g/mol. The Labute approximate surface area is 141 Å². The maximum atomic E-state index is 11.0. The van der Waals surface area contributed by atoms with E-state index in [1.54, 1.807) is 6.92 Å². The summed E-state index contributed by atoms with van der Waals surface area (Å²) < 4.78 is 0. The lowest BCUT2D eigenvalue weighted by Gasteiger charge is -2.40. The zero-order chi connectivity index (χ0) is 16.7. The fourth-order valence-corrected chi connectivity index (χ4v) is 4.03. The molecule has 5 heteroatoms. The topological polar surface area (TPSA) is 64.6 Å². The van der Waals surface area contributed by atoms with Crippen LogP contribution in [0.4, 0.5) is 0 Å². The van der Waals surface area contributed by atoms with Crippen molar-refractivity contribution in [3.05, 3.63) is 0 Å². The molecular weight excluding hydrogens is 290 g/mol. The largest absolute Gasteiger partial charge is 0.393 e. The van der Waals surface area contributed by atoms with Crippen LogP contribution in [0.2, 0.25) is 0 Å². The smallest absolute Gasteiger partial charge is 0.216 e. The van der Waals surface area contributed by atoms with Crippen LogP contribution >= 0.6 is 0 Å². The minimum atomic E-state index is -0.266. The van der Waals surface area contributed by atoms with E-state index in [9.17, 15) is 9.90 Å². The summed E-state index contributed by atoms with van der Waals surface area (Å²) in [7, 11) is 0. The molecule has 1 heterocycles. The highest BCUT2D eigenvalue weighted by molar-refractivity contribution is 5.72. The molecule has 1 saturated carbocycles. The summed E-state index contributed by atoms with van der Waals surface area (Å²) in [6, 6.07) is 0.461. The van der Waals surface area contributed by atoms with Gasteiger partial charge in [-0.1, -0.05) is 19.3 Å². The standard InChI is InChI=1S/C18H35N3O2/c1-14(22)17-10-18(20-11-16-6-4-3-5-7-16)13-21(12-17)9-8-19-15(2)23/h14,16-18,20,22H,3-13H2,1-2H3,(H,19,23). The highest BCUT2D eigenvalue weighted by atomic mass is 16.3. The Balaban J connectivity index is 1.78. The third-order valence-corrected chi connectivity index (χ3v) is 5.46. The van der Waals surface area contributed by atoms with Crippen LogP contribution in [-0.4, -0.2) is 60.8 Å². The Morgan fingerprint density at radius 1 is 1.26 bits per heavy atom. The fraction of sp³-hybridized carbons (Fsp3) is 0.944. The molecule has 0 aromatic carbocycles. The molecular formula is C18H35N3O2. The number of nitrogens with zero attached hydrogens (tertiary/aromatic N) is 1. The minimum Gasteiger partial charge on any atom is -0.393 e. The summed E-state index contributed by atoms with van der Waals surface area (Å²) in [4.78, 5) is 13.4. The molecule has 1 aliphatic carbocycles. The lowest BCUT2D eigenvalue weighted by atomic mass is 9.87.